The number of carbonyl (C=O) groups is 1. The van der Waals surface area contributed by atoms with Gasteiger partial charge in [0.2, 0.25) is 0 Å². The largest absolute Gasteiger partial charge is 0.453 e. The number of hydrogen-bond acceptors (Lipinski definition) is 2. The van der Waals surface area contributed by atoms with Crippen molar-refractivity contribution in [2.75, 3.05) is 0 Å². The summed E-state index contributed by atoms with van der Waals surface area (Å²) in [5.41, 5.74) is 3.12. The van der Waals surface area contributed by atoms with Crippen LogP contribution in [-0.4, -0.2) is 5.97 Å². The third-order valence-corrected chi connectivity index (χ3v) is 3.91. The first-order chi connectivity index (χ1) is 10.6. The van der Waals surface area contributed by atoms with E-state index in [-0.39, 0.29) is 12.1 Å². The van der Waals surface area contributed by atoms with E-state index in [1.54, 1.807) is 0 Å². The molecule has 2 aromatic rings. The molecule has 0 aliphatic heterocycles. The molecule has 0 bridgehead atoms. The van der Waals surface area contributed by atoms with Gasteiger partial charge in [0.25, 0.3) is 0 Å². The molecule has 1 atom stereocenters. The van der Waals surface area contributed by atoms with Gasteiger partial charge < -0.3 is 4.74 Å². The van der Waals surface area contributed by atoms with Gasteiger partial charge in [0.05, 0.1) is 0 Å². The molecule has 3 rings (SSSR count). The Morgan fingerprint density at radius 3 is 2.55 bits per heavy atom. The van der Waals surface area contributed by atoms with E-state index < -0.39 is 0 Å². The van der Waals surface area contributed by atoms with Crippen LogP contribution in [0.2, 0.25) is 0 Å². The van der Waals surface area contributed by atoms with Crippen LogP contribution in [0.4, 0.5) is 0 Å². The predicted molar refractivity (Wildman–Crippen MR) is 89.4 cm³/mol. The van der Waals surface area contributed by atoms with Crippen LogP contribution >= 0.6 is 0 Å². The molecule has 1 aliphatic rings. The zero-order valence-corrected chi connectivity index (χ0v) is 12.4. The first kappa shape index (κ1) is 14.3. The fourth-order valence-corrected chi connectivity index (χ4v) is 2.73. The number of ether oxygens (including phenoxy) is 1. The second-order valence-electron chi connectivity index (χ2n) is 5.47. The van der Waals surface area contributed by atoms with Gasteiger partial charge >= 0.3 is 5.97 Å². The van der Waals surface area contributed by atoms with Crippen LogP contribution in [0.1, 0.15) is 29.2 Å². The monoisotopic (exact) mass is 290 g/mol. The molecule has 0 amide bonds. The Bertz CT molecular complexity index is 819. The highest BCUT2D eigenvalue weighted by Gasteiger charge is 2.22. The highest BCUT2D eigenvalue weighted by Crippen LogP contribution is 2.26. The van der Waals surface area contributed by atoms with Crippen molar-refractivity contribution in [2.24, 2.45) is 0 Å². The van der Waals surface area contributed by atoms with Crippen LogP contribution in [0.15, 0.2) is 48.5 Å². The summed E-state index contributed by atoms with van der Waals surface area (Å²) < 4.78 is 5.60. The molecule has 110 valence electrons. The van der Waals surface area contributed by atoms with Crippen molar-refractivity contribution in [2.45, 2.75) is 18.9 Å². The van der Waals surface area contributed by atoms with E-state index in [1.807, 2.05) is 54.6 Å². The smallest absolute Gasteiger partial charge is 0.307 e. The minimum atomic E-state index is -0.340. The quantitative estimate of drug-likeness (QED) is 0.809. The van der Waals surface area contributed by atoms with Gasteiger partial charge in [0.1, 0.15) is 6.10 Å². The Kier molecular flexibility index (Phi) is 3.92. The first-order valence-electron chi connectivity index (χ1n) is 7.37. The van der Waals surface area contributed by atoms with Gasteiger partial charge in [0.15, 0.2) is 0 Å². The van der Waals surface area contributed by atoms with Gasteiger partial charge in [-0.1, -0.05) is 61.7 Å². The number of benzene rings is 2. The zero-order chi connectivity index (χ0) is 15.5. The summed E-state index contributed by atoms with van der Waals surface area (Å²) >= 11 is 0. The van der Waals surface area contributed by atoms with E-state index in [1.165, 1.54) is 0 Å². The summed E-state index contributed by atoms with van der Waals surface area (Å²) in [6.07, 6.45) is 4.58. The van der Waals surface area contributed by atoms with Gasteiger partial charge in [-0.15, -0.1) is 0 Å². The molecular formula is C20H18O2. The summed E-state index contributed by atoms with van der Waals surface area (Å²) in [7, 11) is 0. The molecule has 2 nitrogen and oxygen atoms in total. The van der Waals surface area contributed by atoms with Gasteiger partial charge in [-0.25, -0.2) is 0 Å². The Balaban J connectivity index is 1.68. The number of carbonyl (C=O) groups excluding carboxylic acids is 1. The molecule has 0 aromatic heterocycles. The van der Waals surface area contributed by atoms with Crippen LogP contribution in [0.3, 0.4) is 0 Å². The van der Waals surface area contributed by atoms with Crippen molar-refractivity contribution < 1.29 is 9.53 Å². The second-order valence-corrected chi connectivity index (χ2v) is 5.47. The van der Waals surface area contributed by atoms with Crippen LogP contribution in [0.25, 0.3) is 19.2 Å². The average Bonchev–Trinajstić information content (AvgIpc) is 2.95. The van der Waals surface area contributed by atoms with Crippen molar-refractivity contribution >= 4 is 25.2 Å². The average molecular weight is 290 g/mol. The molecule has 22 heavy (non-hydrogen) atoms. The van der Waals surface area contributed by atoms with Gasteiger partial charge in [-0.2, -0.15) is 0 Å². The molecule has 1 unspecified atom stereocenters. The normalized spacial score (nSPS) is 15.5. The number of rotatable bonds is 4. The second kappa shape index (κ2) is 6.02. The lowest BCUT2D eigenvalue weighted by Crippen LogP contribution is -2.20. The predicted octanol–water partition coefficient (Wildman–Crippen LogP) is 2.75. The summed E-state index contributed by atoms with van der Waals surface area (Å²) in [6, 6.07) is 13.8. The van der Waals surface area contributed by atoms with Crippen molar-refractivity contribution in [1.29, 1.82) is 0 Å². The molecule has 0 saturated heterocycles. The topological polar surface area (TPSA) is 26.3 Å². The summed E-state index contributed by atoms with van der Waals surface area (Å²) in [5, 5.41) is 1.81. The summed E-state index contributed by atoms with van der Waals surface area (Å²) in [6.45, 7) is 8.03. The van der Waals surface area contributed by atoms with E-state index in [4.69, 9.17) is 4.74 Å². The van der Waals surface area contributed by atoms with Crippen LogP contribution in [0.5, 0.6) is 0 Å². The van der Waals surface area contributed by atoms with E-state index >= 15 is 0 Å². The zero-order valence-electron chi connectivity index (χ0n) is 12.4. The maximum atomic E-state index is 12.1. The molecule has 0 radical (unpaired) electrons. The number of aryl methyl sites for hydroxylation is 1. The van der Waals surface area contributed by atoms with Gasteiger partial charge in [-0.05, 0) is 34.1 Å². The number of hydrogen-bond donors (Lipinski definition) is 0. The van der Waals surface area contributed by atoms with E-state index in [0.717, 1.165) is 27.1 Å². The third kappa shape index (κ3) is 2.86. The maximum absolute atomic E-state index is 12.1. The molecule has 0 spiro atoms. The fourth-order valence-electron chi connectivity index (χ4n) is 2.73. The molecule has 0 N–H and O–H groups in total. The molecule has 0 fully saturated rings. The van der Waals surface area contributed by atoms with Crippen molar-refractivity contribution in [3.05, 3.63) is 75.7 Å². The highest BCUT2D eigenvalue weighted by atomic mass is 16.5. The van der Waals surface area contributed by atoms with Gasteiger partial charge in [0, 0.05) is 12.0 Å². The fraction of sp³-hybridized carbons (Fsp3) is 0.150. The Morgan fingerprint density at radius 2 is 1.77 bits per heavy atom. The van der Waals surface area contributed by atoms with Crippen molar-refractivity contribution in [3.63, 3.8) is 0 Å². The van der Waals surface area contributed by atoms with E-state index in [0.29, 0.717) is 12.8 Å². The summed E-state index contributed by atoms with van der Waals surface area (Å²) in [4.78, 5) is 12.1. The Labute approximate surface area is 130 Å². The lowest BCUT2D eigenvalue weighted by atomic mass is 10.0. The maximum Gasteiger partial charge on any atom is 0.307 e. The summed E-state index contributed by atoms with van der Waals surface area (Å²) in [5.74, 6) is -0.194. The van der Waals surface area contributed by atoms with E-state index in [9.17, 15) is 4.79 Å². The third-order valence-electron chi connectivity index (χ3n) is 3.91. The van der Waals surface area contributed by atoms with Crippen LogP contribution in [0, 0.1) is 0 Å². The molecule has 2 heteroatoms. The first-order valence-corrected chi connectivity index (χ1v) is 7.37. The van der Waals surface area contributed by atoms with Gasteiger partial charge in [-0.3, -0.25) is 4.79 Å². The lowest BCUT2D eigenvalue weighted by molar-refractivity contribution is -0.147. The minimum Gasteiger partial charge on any atom is -0.453 e. The standard InChI is InChI=1S/C20H18O2/c1-14-8-9-15(2)20-17(14)11-12-18(20)22-19(21)13-10-16-6-4-3-5-7-16/h3-9,11-12,18H,1-2,10,13H2. The SMILES string of the molecule is C=c1ccc(=C)c2c1C=CC2OC(=O)CCc1ccccc1. The van der Waals surface area contributed by atoms with Crippen LogP contribution < -0.4 is 10.4 Å². The van der Waals surface area contributed by atoms with E-state index in [2.05, 4.69) is 13.2 Å². The molecule has 0 heterocycles. The Morgan fingerprint density at radius 1 is 1.05 bits per heavy atom. The molecule has 0 saturated carbocycles. The van der Waals surface area contributed by atoms with Crippen molar-refractivity contribution in [1.82, 2.24) is 0 Å². The molecular weight excluding hydrogens is 272 g/mol. The number of esters is 1. The molecule has 2 aromatic carbocycles. The number of fused-ring (bicyclic) bond motifs is 1. The molecule has 1 aliphatic carbocycles. The van der Waals surface area contributed by atoms with Crippen LogP contribution in [-0.2, 0) is 16.0 Å². The van der Waals surface area contributed by atoms with Crippen molar-refractivity contribution in [3.8, 4) is 0 Å². The Hall–Kier alpha value is -2.61. The highest BCUT2D eigenvalue weighted by molar-refractivity contribution is 5.72. The minimum absolute atomic E-state index is 0.194. The lowest BCUT2D eigenvalue weighted by Gasteiger charge is -2.13.